The summed E-state index contributed by atoms with van der Waals surface area (Å²) in [6.45, 7) is 1.73. The van der Waals surface area contributed by atoms with Crippen LogP contribution in [0.25, 0.3) is 5.70 Å². The Balaban J connectivity index is 2.10. The molecule has 1 aliphatic heterocycles. The van der Waals surface area contributed by atoms with E-state index in [-0.39, 0.29) is 0 Å². The first-order valence-electron chi connectivity index (χ1n) is 9.69. The monoisotopic (exact) mass is 447 g/mol. The second kappa shape index (κ2) is 9.04. The lowest BCUT2D eigenvalue weighted by atomic mass is 9.76. The fraction of sp³-hybridized carbons (Fsp3) is 0.217. The molecule has 3 rings (SSSR count). The molecular formula is C23H21N5O3S. The molecule has 0 aromatic heterocycles. The zero-order chi connectivity index (χ0) is 23.5. The molecule has 0 saturated heterocycles. The minimum Gasteiger partial charge on any atom is -0.366 e. The number of rotatable bonds is 6. The normalized spacial score (nSPS) is 18.3. The number of amides is 1. The molecule has 3 N–H and O–H groups in total. The van der Waals surface area contributed by atoms with E-state index in [1.54, 1.807) is 49.4 Å². The smallest absolute Gasteiger partial charge is 0.248 e. The number of allylic oxidation sites excluding steroid dienone is 1. The van der Waals surface area contributed by atoms with Crippen molar-refractivity contribution in [1.82, 2.24) is 0 Å². The number of benzene rings is 2. The Labute approximate surface area is 186 Å². The molecule has 2 aromatic rings. The van der Waals surface area contributed by atoms with Gasteiger partial charge < -0.3 is 5.73 Å². The predicted molar refractivity (Wildman–Crippen MR) is 122 cm³/mol. The van der Waals surface area contributed by atoms with Gasteiger partial charge in [0.15, 0.2) is 0 Å². The van der Waals surface area contributed by atoms with Crippen molar-refractivity contribution < 1.29 is 13.2 Å². The Morgan fingerprint density at radius 1 is 1.19 bits per heavy atom. The molecule has 0 fully saturated rings. The number of nitrogens with two attached hydrogens (primary N) is 1. The third-order valence-electron chi connectivity index (χ3n) is 5.13. The molecule has 2 unspecified atom stereocenters. The van der Waals surface area contributed by atoms with Gasteiger partial charge in [0.1, 0.15) is 0 Å². The van der Waals surface area contributed by atoms with Gasteiger partial charge in [0, 0.05) is 28.4 Å². The first kappa shape index (κ1) is 22.7. The fourth-order valence-electron chi connectivity index (χ4n) is 3.75. The number of aliphatic imine (C=N–C) groups is 1. The Hall–Kier alpha value is -3.95. The van der Waals surface area contributed by atoms with Crippen LogP contribution < -0.4 is 10.5 Å². The van der Waals surface area contributed by atoms with Crippen molar-refractivity contribution in [1.29, 1.82) is 10.5 Å². The second-order valence-electron chi connectivity index (χ2n) is 7.56. The zero-order valence-corrected chi connectivity index (χ0v) is 18.3. The van der Waals surface area contributed by atoms with E-state index >= 15 is 0 Å². The highest BCUT2D eigenvalue weighted by molar-refractivity contribution is 7.92. The molecular weight excluding hydrogens is 426 g/mol. The highest BCUT2D eigenvalue weighted by Crippen LogP contribution is 2.37. The lowest BCUT2D eigenvalue weighted by molar-refractivity contribution is 0.1000. The van der Waals surface area contributed by atoms with E-state index in [0.29, 0.717) is 40.2 Å². The van der Waals surface area contributed by atoms with Crippen molar-refractivity contribution in [2.75, 3.05) is 11.0 Å². The summed E-state index contributed by atoms with van der Waals surface area (Å²) < 4.78 is 25.6. The van der Waals surface area contributed by atoms with Crippen molar-refractivity contribution in [3.63, 3.8) is 0 Å². The third kappa shape index (κ3) is 5.02. The van der Waals surface area contributed by atoms with Crippen LogP contribution in [0, 0.1) is 34.5 Å². The number of hydrogen-bond acceptors (Lipinski definition) is 6. The van der Waals surface area contributed by atoms with Crippen LogP contribution in [-0.2, 0) is 16.4 Å². The Bertz CT molecular complexity index is 1330. The van der Waals surface area contributed by atoms with Crippen LogP contribution in [0.3, 0.4) is 0 Å². The summed E-state index contributed by atoms with van der Waals surface area (Å²) in [5.41, 5.74) is 8.66. The minimum atomic E-state index is -3.48. The fourth-order valence-corrected chi connectivity index (χ4v) is 4.30. The van der Waals surface area contributed by atoms with Crippen molar-refractivity contribution in [3.05, 3.63) is 70.8 Å². The van der Waals surface area contributed by atoms with Crippen LogP contribution in [0.15, 0.2) is 59.1 Å². The van der Waals surface area contributed by atoms with Gasteiger partial charge in [-0.05, 0) is 43.2 Å². The molecule has 1 heterocycles. The molecule has 162 valence electrons. The molecule has 0 bridgehead atoms. The van der Waals surface area contributed by atoms with Crippen molar-refractivity contribution >= 4 is 33.0 Å². The average Bonchev–Trinajstić information content (AvgIpc) is 2.73. The molecule has 0 saturated carbocycles. The maximum atomic E-state index is 11.6. The molecule has 0 radical (unpaired) electrons. The summed E-state index contributed by atoms with van der Waals surface area (Å²) in [6.07, 6.45) is 1.39. The number of primary amides is 1. The second-order valence-corrected chi connectivity index (χ2v) is 9.31. The highest BCUT2D eigenvalue weighted by Gasteiger charge is 2.34. The molecule has 2 atom stereocenters. The summed E-state index contributed by atoms with van der Waals surface area (Å²) in [7, 11) is -3.48. The number of nitrogens with zero attached hydrogens (tertiary/aromatic N) is 3. The summed E-state index contributed by atoms with van der Waals surface area (Å²) >= 11 is 0. The van der Waals surface area contributed by atoms with Crippen LogP contribution in [0.4, 0.5) is 5.69 Å². The maximum Gasteiger partial charge on any atom is 0.248 e. The van der Waals surface area contributed by atoms with Gasteiger partial charge in [-0.2, -0.15) is 10.5 Å². The summed E-state index contributed by atoms with van der Waals surface area (Å²) in [5.74, 6) is -1.67. The molecule has 0 aliphatic carbocycles. The number of hydrogen-bond donors (Lipinski definition) is 2. The molecule has 9 heteroatoms. The van der Waals surface area contributed by atoms with Gasteiger partial charge in [-0.1, -0.05) is 24.3 Å². The number of carbonyl (C=O) groups excluding carboxylic acids is 1. The van der Waals surface area contributed by atoms with E-state index in [4.69, 9.17) is 5.73 Å². The topological polar surface area (TPSA) is 149 Å². The summed E-state index contributed by atoms with van der Waals surface area (Å²) in [6, 6.07) is 17.8. The van der Waals surface area contributed by atoms with Crippen molar-refractivity contribution in [3.8, 4) is 12.1 Å². The van der Waals surface area contributed by atoms with E-state index in [2.05, 4.69) is 21.9 Å². The molecule has 8 nitrogen and oxygen atoms in total. The number of carbonyl (C=O) groups is 1. The predicted octanol–water partition coefficient (Wildman–Crippen LogP) is 2.86. The van der Waals surface area contributed by atoms with Gasteiger partial charge >= 0.3 is 0 Å². The highest BCUT2D eigenvalue weighted by atomic mass is 32.2. The Morgan fingerprint density at radius 2 is 1.91 bits per heavy atom. The zero-order valence-electron chi connectivity index (χ0n) is 17.5. The molecule has 32 heavy (non-hydrogen) atoms. The van der Waals surface area contributed by atoms with Gasteiger partial charge in [0.05, 0.1) is 35.6 Å². The Kier molecular flexibility index (Phi) is 6.42. The minimum absolute atomic E-state index is 0.322. The number of anilines is 1. The van der Waals surface area contributed by atoms with Gasteiger partial charge in [0.2, 0.25) is 15.9 Å². The number of nitrogens with one attached hydrogen (secondary N) is 1. The van der Waals surface area contributed by atoms with Gasteiger partial charge in [-0.15, -0.1) is 0 Å². The van der Waals surface area contributed by atoms with Crippen LogP contribution in [0.5, 0.6) is 0 Å². The van der Waals surface area contributed by atoms with Gasteiger partial charge in [-0.25, -0.2) is 8.42 Å². The molecule has 1 aliphatic rings. The lowest BCUT2D eigenvalue weighted by Crippen LogP contribution is -2.28. The van der Waals surface area contributed by atoms with E-state index in [9.17, 15) is 23.7 Å². The standard InChI is InChI=1S/C23H21N5O3S/c1-14-20(12-24)19(10-15-5-3-7-17(9-15)23(26)29)21(13-25)22(27-14)16-6-4-8-18(11-16)28-32(2,30)31/h3-9,11,19-20,28H,10H2,1-2H3,(H2,26,29). The average molecular weight is 448 g/mol. The molecule has 0 spiro atoms. The maximum absolute atomic E-state index is 11.6. The first-order chi connectivity index (χ1) is 15.1. The lowest BCUT2D eigenvalue weighted by Gasteiger charge is -2.27. The molecule has 1 amide bonds. The van der Waals surface area contributed by atoms with Crippen molar-refractivity contribution in [2.24, 2.45) is 22.6 Å². The molecule has 2 aromatic carbocycles. The van der Waals surface area contributed by atoms with Gasteiger partial charge in [0.25, 0.3) is 0 Å². The Morgan fingerprint density at radius 3 is 2.53 bits per heavy atom. The largest absolute Gasteiger partial charge is 0.366 e. The van der Waals surface area contributed by atoms with E-state index in [1.165, 1.54) is 0 Å². The summed E-state index contributed by atoms with van der Waals surface area (Å²) in [4.78, 5) is 16.1. The number of sulfonamides is 1. The van der Waals surface area contributed by atoms with Crippen LogP contribution in [0.2, 0.25) is 0 Å². The van der Waals surface area contributed by atoms with Crippen LogP contribution in [-0.4, -0.2) is 26.3 Å². The summed E-state index contributed by atoms with van der Waals surface area (Å²) in [5, 5.41) is 19.8. The number of nitriles is 2. The van der Waals surface area contributed by atoms with E-state index in [1.807, 2.05) is 6.07 Å². The van der Waals surface area contributed by atoms with Crippen molar-refractivity contribution in [2.45, 2.75) is 13.3 Å². The SMILES string of the molecule is CC1=NC(c2cccc(NS(C)(=O)=O)c2)=C(C#N)C(Cc2cccc(C(N)=O)c2)C1C#N. The van der Waals surface area contributed by atoms with Crippen LogP contribution in [0.1, 0.15) is 28.4 Å². The van der Waals surface area contributed by atoms with Crippen LogP contribution >= 0.6 is 0 Å². The third-order valence-corrected chi connectivity index (χ3v) is 5.74. The quantitative estimate of drug-likeness (QED) is 0.698. The van der Waals surface area contributed by atoms with Gasteiger partial charge in [-0.3, -0.25) is 14.5 Å². The van der Waals surface area contributed by atoms with E-state index in [0.717, 1.165) is 11.8 Å². The first-order valence-corrected chi connectivity index (χ1v) is 11.6. The van der Waals surface area contributed by atoms with E-state index < -0.39 is 27.8 Å².